The average molecular weight is 349 g/mol. The van der Waals surface area contributed by atoms with Crippen LogP contribution in [0.5, 0.6) is 5.75 Å². The highest BCUT2D eigenvalue weighted by molar-refractivity contribution is 7.91. The number of nitrogens with zero attached hydrogens (tertiary/aromatic N) is 2. The second-order valence-electron chi connectivity index (χ2n) is 5.84. The molecule has 128 valence electrons. The lowest BCUT2D eigenvalue weighted by Crippen LogP contribution is -2.25. The van der Waals surface area contributed by atoms with Crippen molar-refractivity contribution in [1.82, 2.24) is 9.78 Å². The van der Waals surface area contributed by atoms with Crippen molar-refractivity contribution < 1.29 is 13.2 Å². The molecule has 0 aliphatic carbocycles. The molecule has 8 heteroatoms. The Morgan fingerprint density at radius 2 is 2.21 bits per heavy atom. The van der Waals surface area contributed by atoms with E-state index in [0.29, 0.717) is 29.1 Å². The van der Waals surface area contributed by atoms with Crippen LogP contribution in [0.3, 0.4) is 0 Å². The molecule has 7 nitrogen and oxygen atoms in total. The van der Waals surface area contributed by atoms with Gasteiger partial charge in [0.25, 0.3) is 5.56 Å². The lowest BCUT2D eigenvalue weighted by atomic mass is 10.2. The number of hydrogen-bond donors (Lipinski definition) is 1. The van der Waals surface area contributed by atoms with Gasteiger partial charge in [0.05, 0.1) is 35.9 Å². The third kappa shape index (κ3) is 3.28. The number of methoxy groups -OCH3 is 1. The van der Waals surface area contributed by atoms with E-state index in [9.17, 15) is 13.2 Å². The molecule has 1 fully saturated rings. The summed E-state index contributed by atoms with van der Waals surface area (Å²) in [5.74, 6) is 0.804. The smallest absolute Gasteiger partial charge is 0.275 e. The van der Waals surface area contributed by atoms with Gasteiger partial charge in [-0.2, -0.15) is 0 Å². The summed E-state index contributed by atoms with van der Waals surface area (Å²) in [4.78, 5) is 16.9. The molecule has 1 atom stereocenters. The van der Waals surface area contributed by atoms with E-state index in [1.165, 1.54) is 10.9 Å². The summed E-state index contributed by atoms with van der Waals surface area (Å²) in [6.45, 7) is 1.77. The molecule has 1 aliphatic rings. The fraction of sp³-hybridized carbons (Fsp3) is 0.375. The van der Waals surface area contributed by atoms with Gasteiger partial charge >= 0.3 is 0 Å². The highest BCUT2D eigenvalue weighted by Crippen LogP contribution is 2.22. The molecule has 0 radical (unpaired) electrons. The number of benzene rings is 1. The van der Waals surface area contributed by atoms with Crippen molar-refractivity contribution in [3.63, 3.8) is 0 Å². The first-order valence-electron chi connectivity index (χ1n) is 7.59. The molecular formula is C16H19N3O4S. The first-order chi connectivity index (χ1) is 11.4. The minimum Gasteiger partial charge on any atom is -0.497 e. The van der Waals surface area contributed by atoms with Crippen molar-refractivity contribution in [3.8, 4) is 5.75 Å². The third-order valence-electron chi connectivity index (χ3n) is 4.11. The van der Waals surface area contributed by atoms with E-state index >= 15 is 0 Å². The van der Waals surface area contributed by atoms with Crippen LogP contribution in [-0.4, -0.2) is 43.0 Å². The standard InChI is InChI=1S/C16H19N3O4S/c1-11-15(9-17-12-4-3-5-14(8-12)23-2)16(20)19(18-11)13-6-7-24(21,22)10-13/h3-5,8-9,13,18H,6-7,10H2,1-2H3/t13-/m0/s1. The van der Waals surface area contributed by atoms with E-state index in [1.807, 2.05) is 18.2 Å². The minimum atomic E-state index is -3.05. The topological polar surface area (TPSA) is 93.5 Å². The number of aromatic amines is 1. The number of rotatable bonds is 4. The van der Waals surface area contributed by atoms with Crippen LogP contribution in [-0.2, 0) is 9.84 Å². The van der Waals surface area contributed by atoms with Gasteiger partial charge in [-0.25, -0.2) is 13.1 Å². The lowest BCUT2D eigenvalue weighted by molar-refractivity contribution is 0.415. The van der Waals surface area contributed by atoms with Crippen LogP contribution in [0.2, 0.25) is 0 Å². The van der Waals surface area contributed by atoms with Crippen molar-refractivity contribution in [3.05, 3.63) is 45.9 Å². The Labute approximate surface area is 139 Å². The number of ether oxygens (including phenoxy) is 1. The molecule has 1 aromatic carbocycles. The van der Waals surface area contributed by atoms with Gasteiger partial charge in [-0.05, 0) is 25.5 Å². The van der Waals surface area contributed by atoms with Gasteiger partial charge in [0, 0.05) is 18.0 Å². The maximum Gasteiger partial charge on any atom is 0.275 e. The molecule has 1 aromatic heterocycles. The van der Waals surface area contributed by atoms with Crippen LogP contribution in [0.4, 0.5) is 5.69 Å². The first-order valence-corrected chi connectivity index (χ1v) is 9.41. The number of aromatic nitrogens is 2. The number of hydrogen-bond acceptors (Lipinski definition) is 5. The summed E-state index contributed by atoms with van der Waals surface area (Å²) in [7, 11) is -1.48. The summed E-state index contributed by atoms with van der Waals surface area (Å²) < 4.78 is 29.8. The van der Waals surface area contributed by atoms with Crippen LogP contribution in [0.15, 0.2) is 34.1 Å². The summed E-state index contributed by atoms with van der Waals surface area (Å²) >= 11 is 0. The molecule has 2 heterocycles. The van der Waals surface area contributed by atoms with Gasteiger partial charge in [0.15, 0.2) is 9.84 Å². The van der Waals surface area contributed by atoms with Crippen molar-refractivity contribution in [2.45, 2.75) is 19.4 Å². The maximum atomic E-state index is 12.6. The van der Waals surface area contributed by atoms with Crippen molar-refractivity contribution in [1.29, 1.82) is 0 Å². The monoisotopic (exact) mass is 349 g/mol. The molecule has 0 amide bonds. The maximum absolute atomic E-state index is 12.6. The van der Waals surface area contributed by atoms with Gasteiger partial charge in [-0.15, -0.1) is 0 Å². The number of nitrogens with one attached hydrogen (secondary N) is 1. The molecular weight excluding hydrogens is 330 g/mol. The fourth-order valence-electron chi connectivity index (χ4n) is 2.80. The van der Waals surface area contributed by atoms with Crippen molar-refractivity contribution in [2.75, 3.05) is 18.6 Å². The van der Waals surface area contributed by atoms with Crippen LogP contribution >= 0.6 is 0 Å². The SMILES string of the molecule is COc1cccc(N=Cc2c(C)[nH]n([C@H]3CCS(=O)(=O)C3)c2=O)c1. The van der Waals surface area contributed by atoms with E-state index in [1.54, 1.807) is 20.1 Å². The Bertz CT molecular complexity index is 940. The van der Waals surface area contributed by atoms with Crippen LogP contribution in [0.25, 0.3) is 0 Å². The summed E-state index contributed by atoms with van der Waals surface area (Å²) in [6, 6.07) is 6.87. The van der Waals surface area contributed by atoms with Gasteiger partial charge in [-0.3, -0.25) is 14.9 Å². The number of sulfone groups is 1. The predicted molar refractivity (Wildman–Crippen MR) is 92.3 cm³/mol. The molecule has 0 saturated carbocycles. The Morgan fingerprint density at radius 1 is 1.42 bits per heavy atom. The van der Waals surface area contributed by atoms with E-state index in [2.05, 4.69) is 10.1 Å². The Hall–Kier alpha value is -2.35. The average Bonchev–Trinajstić information content (AvgIpc) is 3.05. The lowest BCUT2D eigenvalue weighted by Gasteiger charge is -2.07. The molecule has 24 heavy (non-hydrogen) atoms. The fourth-order valence-corrected chi connectivity index (χ4v) is 4.50. The molecule has 2 aromatic rings. The van der Waals surface area contributed by atoms with Gasteiger partial charge in [-0.1, -0.05) is 6.07 Å². The van der Waals surface area contributed by atoms with E-state index in [0.717, 1.165) is 0 Å². The minimum absolute atomic E-state index is 0.000668. The first kappa shape index (κ1) is 16.5. The zero-order valence-corrected chi connectivity index (χ0v) is 14.3. The van der Waals surface area contributed by atoms with Gasteiger partial charge < -0.3 is 4.74 Å². The summed E-state index contributed by atoms with van der Waals surface area (Å²) in [5.41, 5.74) is 1.52. The van der Waals surface area contributed by atoms with Gasteiger partial charge in [0.1, 0.15) is 5.75 Å². The van der Waals surface area contributed by atoms with Crippen LogP contribution in [0, 0.1) is 6.92 Å². The largest absolute Gasteiger partial charge is 0.497 e. The number of aryl methyl sites for hydroxylation is 1. The summed E-state index contributed by atoms with van der Waals surface area (Å²) in [6.07, 6.45) is 1.96. The number of H-pyrrole nitrogens is 1. The van der Waals surface area contributed by atoms with Gasteiger partial charge in [0.2, 0.25) is 0 Å². The molecule has 1 saturated heterocycles. The molecule has 1 aliphatic heterocycles. The second kappa shape index (κ2) is 6.27. The zero-order valence-electron chi connectivity index (χ0n) is 13.5. The molecule has 1 N–H and O–H groups in total. The Morgan fingerprint density at radius 3 is 2.88 bits per heavy atom. The number of aliphatic imine (C=N–C) groups is 1. The van der Waals surface area contributed by atoms with Crippen molar-refractivity contribution in [2.24, 2.45) is 4.99 Å². The van der Waals surface area contributed by atoms with Crippen LogP contribution in [0.1, 0.15) is 23.7 Å². The van der Waals surface area contributed by atoms with E-state index in [4.69, 9.17) is 4.74 Å². The van der Waals surface area contributed by atoms with E-state index in [-0.39, 0.29) is 23.1 Å². The molecule has 0 unspecified atom stereocenters. The normalized spacial score (nSPS) is 19.8. The molecule has 0 bridgehead atoms. The van der Waals surface area contributed by atoms with Crippen LogP contribution < -0.4 is 10.3 Å². The predicted octanol–water partition coefficient (Wildman–Crippen LogP) is 1.60. The zero-order chi connectivity index (χ0) is 17.3. The highest BCUT2D eigenvalue weighted by Gasteiger charge is 2.31. The molecule has 3 rings (SSSR count). The van der Waals surface area contributed by atoms with E-state index < -0.39 is 9.84 Å². The summed E-state index contributed by atoms with van der Waals surface area (Å²) in [5, 5.41) is 2.98. The van der Waals surface area contributed by atoms with Crippen molar-refractivity contribution >= 4 is 21.7 Å². The Kier molecular flexibility index (Phi) is 4.31. The third-order valence-corrected chi connectivity index (χ3v) is 5.86. The highest BCUT2D eigenvalue weighted by atomic mass is 32.2. The Balaban J connectivity index is 1.89. The second-order valence-corrected chi connectivity index (χ2v) is 8.07. The molecule has 0 spiro atoms. The quantitative estimate of drug-likeness (QED) is 0.849.